The van der Waals surface area contributed by atoms with Crippen molar-refractivity contribution in [3.05, 3.63) is 36.8 Å². The lowest BCUT2D eigenvalue weighted by molar-refractivity contribution is -0.116. The minimum absolute atomic E-state index is 0.123. The molecule has 1 aromatic rings. The van der Waals surface area contributed by atoms with Crippen LogP contribution in [0.4, 0.5) is 5.69 Å². The Hall–Kier alpha value is -1.31. The molecule has 1 aromatic carbocycles. The Morgan fingerprint density at radius 2 is 1.30 bits per heavy atom. The second-order valence-corrected chi connectivity index (χ2v) is 6.53. The highest BCUT2D eigenvalue weighted by Gasteiger charge is 2.02. The highest BCUT2D eigenvalue weighted by Crippen LogP contribution is 2.13. The van der Waals surface area contributed by atoms with E-state index in [2.05, 4.69) is 19.2 Å². The number of rotatable bonds is 13. The van der Waals surface area contributed by atoms with Crippen molar-refractivity contribution in [2.75, 3.05) is 5.32 Å². The molecule has 1 rings (SSSR count). The fourth-order valence-electron chi connectivity index (χ4n) is 2.76. The van der Waals surface area contributed by atoms with Crippen molar-refractivity contribution in [3.8, 4) is 0 Å². The van der Waals surface area contributed by atoms with Crippen molar-refractivity contribution in [1.29, 1.82) is 0 Å². The number of carbonyl (C=O) groups excluding carboxylic acids is 1. The molecule has 0 heterocycles. The first-order valence-corrected chi connectivity index (χ1v) is 9.44. The Bertz CT molecular complexity index is 410. The van der Waals surface area contributed by atoms with E-state index in [-0.39, 0.29) is 5.91 Å². The van der Waals surface area contributed by atoms with Gasteiger partial charge in [0, 0.05) is 12.1 Å². The Morgan fingerprint density at radius 1 is 0.826 bits per heavy atom. The first kappa shape index (κ1) is 19.7. The van der Waals surface area contributed by atoms with E-state index >= 15 is 0 Å². The minimum atomic E-state index is 0.123. The molecule has 0 aliphatic rings. The zero-order chi connectivity index (χ0) is 16.8. The van der Waals surface area contributed by atoms with E-state index < -0.39 is 0 Å². The second kappa shape index (κ2) is 13.2. The summed E-state index contributed by atoms with van der Waals surface area (Å²) in [6.07, 6.45) is 15.0. The average molecular weight is 317 g/mol. The largest absolute Gasteiger partial charge is 0.326 e. The Morgan fingerprint density at radius 3 is 1.83 bits per heavy atom. The van der Waals surface area contributed by atoms with Crippen LogP contribution in [0, 0.1) is 6.92 Å². The second-order valence-electron chi connectivity index (χ2n) is 6.53. The Balaban J connectivity index is 1.90. The highest BCUT2D eigenvalue weighted by atomic mass is 16.1. The maximum absolute atomic E-state index is 11.8. The molecule has 0 saturated carbocycles. The molecule has 23 heavy (non-hydrogen) atoms. The van der Waals surface area contributed by atoms with Gasteiger partial charge in [-0.15, -0.1) is 0 Å². The van der Waals surface area contributed by atoms with Crippen molar-refractivity contribution in [2.24, 2.45) is 0 Å². The maximum Gasteiger partial charge on any atom is 0.224 e. The van der Waals surface area contributed by atoms with Crippen molar-refractivity contribution in [1.82, 2.24) is 0 Å². The third-order valence-electron chi connectivity index (χ3n) is 4.25. The summed E-state index contributed by atoms with van der Waals surface area (Å²) in [6.45, 7) is 6.10. The van der Waals surface area contributed by atoms with Crippen LogP contribution >= 0.6 is 0 Å². The van der Waals surface area contributed by atoms with Crippen LogP contribution in [0.1, 0.15) is 89.5 Å². The molecule has 0 atom stereocenters. The normalized spacial score (nSPS) is 10.7. The van der Waals surface area contributed by atoms with Crippen molar-refractivity contribution >= 4 is 11.6 Å². The molecule has 0 fully saturated rings. The maximum atomic E-state index is 11.8. The summed E-state index contributed by atoms with van der Waals surface area (Å²) in [5.74, 6) is 0.123. The summed E-state index contributed by atoms with van der Waals surface area (Å²) in [5.41, 5.74) is 1.83. The number of anilines is 1. The van der Waals surface area contributed by atoms with Crippen molar-refractivity contribution < 1.29 is 4.79 Å². The fraction of sp³-hybridized carbons (Fsp3) is 0.619. The van der Waals surface area contributed by atoms with Gasteiger partial charge in [0.1, 0.15) is 0 Å². The zero-order valence-corrected chi connectivity index (χ0v) is 14.9. The van der Waals surface area contributed by atoms with E-state index in [1.165, 1.54) is 64.2 Å². The van der Waals surface area contributed by atoms with E-state index in [0.29, 0.717) is 6.42 Å². The molecule has 0 saturated heterocycles. The molecule has 2 nitrogen and oxygen atoms in total. The van der Waals surface area contributed by atoms with Gasteiger partial charge >= 0.3 is 0 Å². The minimum Gasteiger partial charge on any atom is -0.326 e. The number of amides is 1. The molecular formula is C21H34NO. The van der Waals surface area contributed by atoms with E-state index in [4.69, 9.17) is 0 Å². The van der Waals surface area contributed by atoms with Gasteiger partial charge < -0.3 is 5.32 Å². The molecule has 0 aliphatic heterocycles. The molecular weight excluding hydrogens is 282 g/mol. The van der Waals surface area contributed by atoms with Crippen LogP contribution in [-0.4, -0.2) is 5.91 Å². The average Bonchev–Trinajstić information content (AvgIpc) is 2.55. The number of hydrogen-bond donors (Lipinski definition) is 1. The molecule has 1 amide bonds. The van der Waals surface area contributed by atoms with Gasteiger partial charge in [-0.1, -0.05) is 83.3 Å². The van der Waals surface area contributed by atoms with Gasteiger partial charge in [0.2, 0.25) is 5.91 Å². The van der Waals surface area contributed by atoms with Gasteiger partial charge in [-0.25, -0.2) is 0 Å². The standard InChI is InChI=1S/C21H34NO/c1-3-4-5-6-7-8-9-10-11-12-13-14-21(23)22-20-17-15-19(2)16-18-20/h15-18H,2-14H2,1H3,(H,22,23). The number of nitrogens with one attached hydrogen (secondary N) is 1. The zero-order valence-electron chi connectivity index (χ0n) is 14.9. The molecule has 0 spiro atoms. The van der Waals surface area contributed by atoms with E-state index in [1.54, 1.807) is 0 Å². The van der Waals surface area contributed by atoms with Gasteiger partial charge in [0.15, 0.2) is 0 Å². The molecule has 0 aliphatic carbocycles. The van der Waals surface area contributed by atoms with Crippen LogP contribution in [0.3, 0.4) is 0 Å². The van der Waals surface area contributed by atoms with Crippen LogP contribution in [0.2, 0.25) is 0 Å². The van der Waals surface area contributed by atoms with Gasteiger partial charge in [0.25, 0.3) is 0 Å². The first-order valence-electron chi connectivity index (χ1n) is 9.44. The SMILES string of the molecule is [CH2]c1ccc(NC(=O)CCCCCCCCCCCCC)cc1. The molecule has 1 radical (unpaired) electrons. The summed E-state index contributed by atoms with van der Waals surface area (Å²) in [4.78, 5) is 11.8. The summed E-state index contributed by atoms with van der Waals surface area (Å²) >= 11 is 0. The van der Waals surface area contributed by atoms with Gasteiger partial charge in [-0.05, 0) is 31.0 Å². The highest BCUT2D eigenvalue weighted by molar-refractivity contribution is 5.90. The van der Waals surface area contributed by atoms with E-state index in [9.17, 15) is 4.79 Å². The summed E-state index contributed by atoms with van der Waals surface area (Å²) in [5, 5.41) is 2.94. The summed E-state index contributed by atoms with van der Waals surface area (Å²) in [6, 6.07) is 7.64. The Kier molecular flexibility index (Phi) is 11.3. The number of hydrogen-bond acceptors (Lipinski definition) is 1. The monoisotopic (exact) mass is 316 g/mol. The lowest BCUT2D eigenvalue weighted by atomic mass is 10.1. The molecule has 0 unspecified atom stereocenters. The first-order chi connectivity index (χ1) is 11.2. The number of carbonyl (C=O) groups is 1. The molecule has 2 heteroatoms. The van der Waals surface area contributed by atoms with Gasteiger partial charge in [-0.3, -0.25) is 4.79 Å². The van der Waals surface area contributed by atoms with Crippen LogP contribution in [0.25, 0.3) is 0 Å². The van der Waals surface area contributed by atoms with Crippen molar-refractivity contribution in [2.45, 2.75) is 84.0 Å². The quantitative estimate of drug-likeness (QED) is 0.413. The smallest absolute Gasteiger partial charge is 0.224 e. The number of benzene rings is 1. The van der Waals surface area contributed by atoms with Gasteiger partial charge in [0.05, 0.1) is 0 Å². The predicted octanol–water partition coefficient (Wildman–Crippen LogP) is 6.51. The molecule has 1 N–H and O–H groups in total. The fourth-order valence-corrected chi connectivity index (χ4v) is 2.76. The predicted molar refractivity (Wildman–Crippen MR) is 101 cm³/mol. The van der Waals surface area contributed by atoms with Crippen molar-refractivity contribution in [3.63, 3.8) is 0 Å². The lowest BCUT2D eigenvalue weighted by Crippen LogP contribution is -2.10. The lowest BCUT2D eigenvalue weighted by Gasteiger charge is -2.06. The van der Waals surface area contributed by atoms with Crippen LogP contribution in [0.5, 0.6) is 0 Å². The van der Waals surface area contributed by atoms with Gasteiger partial charge in [-0.2, -0.15) is 0 Å². The molecule has 0 aromatic heterocycles. The molecule has 0 bridgehead atoms. The number of unbranched alkanes of at least 4 members (excludes halogenated alkanes) is 10. The van der Waals surface area contributed by atoms with Crippen LogP contribution in [-0.2, 0) is 4.79 Å². The third-order valence-corrected chi connectivity index (χ3v) is 4.25. The summed E-state index contributed by atoms with van der Waals surface area (Å²) < 4.78 is 0. The van der Waals surface area contributed by atoms with E-state index in [0.717, 1.165) is 17.7 Å². The third kappa shape index (κ3) is 11.0. The van der Waals surface area contributed by atoms with E-state index in [1.807, 2.05) is 24.3 Å². The van der Waals surface area contributed by atoms with Crippen LogP contribution in [0.15, 0.2) is 24.3 Å². The summed E-state index contributed by atoms with van der Waals surface area (Å²) in [7, 11) is 0. The Labute approximate surface area is 143 Å². The van der Waals surface area contributed by atoms with Crippen LogP contribution < -0.4 is 5.32 Å². The topological polar surface area (TPSA) is 29.1 Å². The molecule has 129 valence electrons.